The summed E-state index contributed by atoms with van der Waals surface area (Å²) in [6.07, 6.45) is 3.53. The van der Waals surface area contributed by atoms with Crippen LogP contribution in [0.1, 0.15) is 31.4 Å². The fourth-order valence-corrected chi connectivity index (χ4v) is 5.00. The van der Waals surface area contributed by atoms with E-state index in [9.17, 15) is 9.18 Å². The van der Waals surface area contributed by atoms with Gasteiger partial charge in [0.05, 0.1) is 17.1 Å². The summed E-state index contributed by atoms with van der Waals surface area (Å²) in [4.78, 5) is 26.8. The summed E-state index contributed by atoms with van der Waals surface area (Å²) in [6, 6.07) is 23.7. The van der Waals surface area contributed by atoms with E-state index in [4.69, 9.17) is 9.72 Å². The molecular weight excluding hydrogens is 467 g/mol. The highest BCUT2D eigenvalue weighted by atomic mass is 19.1. The number of carbonyl (C=O) groups is 1. The summed E-state index contributed by atoms with van der Waals surface area (Å²) in [6.45, 7) is 2.33. The standard InChI is InChI=1S/C30H25FN4O2/c1-19(36)35-15-5-9-28(35)24-17-26-27(34-30(33-26)25-8-2-3-14-32-25)18-29(24)37-23-12-10-20(11-13-23)21-6-4-7-22(31)16-21/h2-4,6-8,10-14,16-18,28H,5,9,15H2,1H3,(H,33,34). The Morgan fingerprint density at radius 1 is 1.03 bits per heavy atom. The van der Waals surface area contributed by atoms with Crippen LogP contribution < -0.4 is 4.74 Å². The largest absolute Gasteiger partial charge is 0.457 e. The van der Waals surface area contributed by atoms with Crippen LogP contribution in [-0.2, 0) is 4.79 Å². The van der Waals surface area contributed by atoms with Crippen molar-refractivity contribution >= 4 is 16.9 Å². The van der Waals surface area contributed by atoms with Gasteiger partial charge in [-0.15, -0.1) is 0 Å². The Hall–Kier alpha value is -4.52. The molecule has 0 bridgehead atoms. The Labute approximate surface area is 213 Å². The van der Waals surface area contributed by atoms with E-state index in [0.29, 0.717) is 17.3 Å². The number of nitrogens with one attached hydrogen (secondary N) is 1. The van der Waals surface area contributed by atoms with E-state index in [-0.39, 0.29) is 17.8 Å². The van der Waals surface area contributed by atoms with Crippen molar-refractivity contribution < 1.29 is 13.9 Å². The number of halogens is 1. The van der Waals surface area contributed by atoms with E-state index < -0.39 is 0 Å². The number of pyridine rings is 1. The molecule has 3 heterocycles. The fraction of sp³-hybridized carbons (Fsp3) is 0.167. The van der Waals surface area contributed by atoms with Crippen LogP contribution in [0.4, 0.5) is 4.39 Å². The lowest BCUT2D eigenvalue weighted by molar-refractivity contribution is -0.129. The van der Waals surface area contributed by atoms with Gasteiger partial charge in [-0.05, 0) is 66.4 Å². The first-order valence-electron chi connectivity index (χ1n) is 12.3. The van der Waals surface area contributed by atoms with Crippen molar-refractivity contribution in [3.8, 4) is 34.1 Å². The first-order chi connectivity index (χ1) is 18.0. The molecular formula is C30H25FN4O2. The van der Waals surface area contributed by atoms with Crippen molar-refractivity contribution in [2.75, 3.05) is 6.54 Å². The smallest absolute Gasteiger partial charge is 0.219 e. The zero-order valence-electron chi connectivity index (χ0n) is 20.3. The predicted molar refractivity (Wildman–Crippen MR) is 141 cm³/mol. The number of hydrogen-bond acceptors (Lipinski definition) is 4. The molecule has 1 unspecified atom stereocenters. The number of aromatic nitrogens is 3. The van der Waals surface area contributed by atoms with Crippen molar-refractivity contribution in [1.82, 2.24) is 19.9 Å². The third kappa shape index (κ3) is 4.56. The van der Waals surface area contributed by atoms with Crippen LogP contribution in [0.15, 0.2) is 85.1 Å². The molecule has 2 aromatic heterocycles. The lowest BCUT2D eigenvalue weighted by Crippen LogP contribution is -2.28. The number of imidazole rings is 1. The van der Waals surface area contributed by atoms with Crippen molar-refractivity contribution in [3.05, 3.63) is 96.4 Å². The Balaban J connectivity index is 1.39. The number of carbonyl (C=O) groups excluding carboxylic acids is 1. The Morgan fingerprint density at radius 3 is 2.65 bits per heavy atom. The first kappa shape index (κ1) is 22.9. The quantitative estimate of drug-likeness (QED) is 0.289. The van der Waals surface area contributed by atoms with E-state index in [1.807, 2.05) is 65.6 Å². The van der Waals surface area contributed by atoms with Gasteiger partial charge in [0.25, 0.3) is 0 Å². The van der Waals surface area contributed by atoms with Crippen LogP contribution in [0.5, 0.6) is 11.5 Å². The zero-order chi connectivity index (χ0) is 25.4. The summed E-state index contributed by atoms with van der Waals surface area (Å²) >= 11 is 0. The third-order valence-corrected chi connectivity index (χ3v) is 6.78. The number of aromatic amines is 1. The van der Waals surface area contributed by atoms with Crippen molar-refractivity contribution in [2.24, 2.45) is 0 Å². The Bertz CT molecular complexity index is 1580. The van der Waals surface area contributed by atoms with Crippen LogP contribution in [0.2, 0.25) is 0 Å². The van der Waals surface area contributed by atoms with E-state index in [1.165, 1.54) is 12.1 Å². The van der Waals surface area contributed by atoms with Gasteiger partial charge in [0.1, 0.15) is 23.0 Å². The minimum atomic E-state index is -0.272. The van der Waals surface area contributed by atoms with Gasteiger partial charge in [0, 0.05) is 31.3 Å². The first-order valence-corrected chi connectivity index (χ1v) is 12.3. The van der Waals surface area contributed by atoms with E-state index >= 15 is 0 Å². The molecule has 0 saturated carbocycles. The number of benzene rings is 3. The SMILES string of the molecule is CC(=O)N1CCCC1c1cc2[nH]c(-c3ccccn3)nc2cc1Oc1ccc(-c2cccc(F)c2)cc1. The monoisotopic (exact) mass is 492 g/mol. The molecule has 37 heavy (non-hydrogen) atoms. The molecule has 6 nitrogen and oxygen atoms in total. The summed E-state index contributed by atoms with van der Waals surface area (Å²) in [5.41, 5.74) is 5.00. The summed E-state index contributed by atoms with van der Waals surface area (Å²) in [5, 5.41) is 0. The van der Waals surface area contributed by atoms with Gasteiger partial charge in [-0.25, -0.2) is 9.37 Å². The number of amides is 1. The highest BCUT2D eigenvalue weighted by Gasteiger charge is 2.31. The summed E-state index contributed by atoms with van der Waals surface area (Å²) < 4.78 is 20.1. The molecule has 1 saturated heterocycles. The second kappa shape index (κ2) is 9.50. The second-order valence-corrected chi connectivity index (χ2v) is 9.21. The number of nitrogens with zero attached hydrogens (tertiary/aromatic N) is 3. The topological polar surface area (TPSA) is 71.1 Å². The van der Waals surface area contributed by atoms with E-state index in [1.54, 1.807) is 19.2 Å². The predicted octanol–water partition coefficient (Wildman–Crippen LogP) is 6.91. The fourth-order valence-electron chi connectivity index (χ4n) is 5.00. The molecule has 0 radical (unpaired) electrons. The number of rotatable bonds is 5. The van der Waals surface area contributed by atoms with Crippen LogP contribution in [0.25, 0.3) is 33.7 Å². The molecule has 3 aromatic carbocycles. The van der Waals surface area contributed by atoms with Gasteiger partial charge in [0.15, 0.2) is 5.82 Å². The summed E-state index contributed by atoms with van der Waals surface area (Å²) in [7, 11) is 0. The van der Waals surface area contributed by atoms with Gasteiger partial charge in [-0.1, -0.05) is 30.3 Å². The maximum absolute atomic E-state index is 13.7. The third-order valence-electron chi connectivity index (χ3n) is 6.78. The molecule has 1 N–H and O–H groups in total. The van der Waals surface area contributed by atoms with Crippen molar-refractivity contribution in [3.63, 3.8) is 0 Å². The van der Waals surface area contributed by atoms with Crippen molar-refractivity contribution in [1.29, 1.82) is 0 Å². The number of ether oxygens (including phenoxy) is 1. The molecule has 7 heteroatoms. The average Bonchev–Trinajstić information content (AvgIpc) is 3.56. The number of likely N-dealkylation sites (tertiary alicyclic amines) is 1. The van der Waals surface area contributed by atoms with Gasteiger partial charge in [0.2, 0.25) is 5.91 Å². The van der Waals surface area contributed by atoms with Crippen LogP contribution in [0, 0.1) is 5.82 Å². The molecule has 1 aliphatic rings. The van der Waals surface area contributed by atoms with Gasteiger partial charge >= 0.3 is 0 Å². The molecule has 6 rings (SSSR count). The summed E-state index contributed by atoms with van der Waals surface area (Å²) in [5.74, 6) is 1.75. The highest BCUT2D eigenvalue weighted by Crippen LogP contribution is 2.41. The van der Waals surface area contributed by atoms with Gasteiger partial charge in [-0.2, -0.15) is 0 Å². The minimum absolute atomic E-state index is 0.0479. The second-order valence-electron chi connectivity index (χ2n) is 9.21. The molecule has 5 aromatic rings. The minimum Gasteiger partial charge on any atom is -0.457 e. The van der Waals surface area contributed by atoms with Crippen LogP contribution in [-0.4, -0.2) is 32.3 Å². The maximum atomic E-state index is 13.7. The highest BCUT2D eigenvalue weighted by molar-refractivity contribution is 5.82. The molecule has 1 fully saturated rings. The Morgan fingerprint density at radius 2 is 1.89 bits per heavy atom. The Kier molecular flexibility index (Phi) is 5.88. The van der Waals surface area contributed by atoms with E-state index in [0.717, 1.165) is 52.8 Å². The lowest BCUT2D eigenvalue weighted by atomic mass is 10.0. The van der Waals surface area contributed by atoms with E-state index in [2.05, 4.69) is 9.97 Å². The molecule has 0 spiro atoms. The lowest BCUT2D eigenvalue weighted by Gasteiger charge is -2.25. The van der Waals surface area contributed by atoms with Crippen LogP contribution in [0.3, 0.4) is 0 Å². The van der Waals surface area contributed by atoms with Gasteiger partial charge in [-0.3, -0.25) is 9.78 Å². The molecule has 1 atom stereocenters. The number of H-pyrrole nitrogens is 1. The number of hydrogen-bond donors (Lipinski definition) is 1. The average molecular weight is 493 g/mol. The zero-order valence-corrected chi connectivity index (χ0v) is 20.3. The van der Waals surface area contributed by atoms with Crippen LogP contribution >= 0.6 is 0 Å². The molecule has 0 aliphatic carbocycles. The normalized spacial score (nSPS) is 15.3. The van der Waals surface area contributed by atoms with Gasteiger partial charge < -0.3 is 14.6 Å². The maximum Gasteiger partial charge on any atom is 0.219 e. The molecule has 1 aliphatic heterocycles. The molecule has 184 valence electrons. The van der Waals surface area contributed by atoms with Crippen molar-refractivity contribution in [2.45, 2.75) is 25.8 Å². The number of fused-ring (bicyclic) bond motifs is 1. The molecule has 1 amide bonds.